The van der Waals surface area contributed by atoms with Gasteiger partial charge in [-0.1, -0.05) is 30.3 Å². The van der Waals surface area contributed by atoms with Gasteiger partial charge in [-0.2, -0.15) is 0 Å². The summed E-state index contributed by atoms with van der Waals surface area (Å²) in [5.74, 6) is 0.864. The van der Waals surface area contributed by atoms with Crippen molar-refractivity contribution < 1.29 is 4.74 Å². The molecule has 0 aromatic heterocycles. The molecular formula is C19H30N2O. The van der Waals surface area contributed by atoms with Crippen LogP contribution in [-0.2, 0) is 11.2 Å². The molecule has 1 aromatic rings. The van der Waals surface area contributed by atoms with Gasteiger partial charge in [-0.05, 0) is 50.3 Å². The summed E-state index contributed by atoms with van der Waals surface area (Å²) in [5.41, 5.74) is 1.48. The Hall–Kier alpha value is -0.900. The average Bonchev–Trinajstić information content (AvgIpc) is 2.57. The van der Waals surface area contributed by atoms with Crippen LogP contribution in [0.3, 0.4) is 0 Å². The van der Waals surface area contributed by atoms with Gasteiger partial charge in [0.15, 0.2) is 0 Å². The van der Waals surface area contributed by atoms with Gasteiger partial charge in [0.25, 0.3) is 0 Å². The molecule has 22 heavy (non-hydrogen) atoms. The first-order valence-electron chi connectivity index (χ1n) is 8.96. The Morgan fingerprint density at radius 1 is 1.00 bits per heavy atom. The smallest absolute Gasteiger partial charge is 0.0594 e. The van der Waals surface area contributed by atoms with Gasteiger partial charge in [0.2, 0.25) is 0 Å². The third-order valence-electron chi connectivity index (χ3n) is 5.01. The van der Waals surface area contributed by atoms with Crippen LogP contribution in [0.25, 0.3) is 0 Å². The van der Waals surface area contributed by atoms with Gasteiger partial charge in [-0.25, -0.2) is 0 Å². The highest BCUT2D eigenvalue weighted by Crippen LogP contribution is 2.18. The predicted molar refractivity (Wildman–Crippen MR) is 91.2 cm³/mol. The van der Waals surface area contributed by atoms with Gasteiger partial charge < -0.3 is 9.64 Å². The van der Waals surface area contributed by atoms with Crippen LogP contribution >= 0.6 is 0 Å². The summed E-state index contributed by atoms with van der Waals surface area (Å²) in [6.45, 7) is 9.24. The molecule has 0 saturated carbocycles. The minimum absolute atomic E-state index is 0.864. The van der Waals surface area contributed by atoms with E-state index >= 15 is 0 Å². The summed E-state index contributed by atoms with van der Waals surface area (Å²) in [5, 5.41) is 0. The molecule has 0 unspecified atom stereocenters. The molecule has 2 fully saturated rings. The molecule has 1 aromatic carbocycles. The number of hydrogen-bond donors (Lipinski definition) is 0. The number of rotatable bonds is 6. The van der Waals surface area contributed by atoms with E-state index in [1.54, 1.807) is 0 Å². The molecule has 0 amide bonds. The van der Waals surface area contributed by atoms with E-state index in [-0.39, 0.29) is 0 Å². The lowest BCUT2D eigenvalue weighted by atomic mass is 9.97. The maximum atomic E-state index is 5.45. The Labute approximate surface area is 135 Å². The van der Waals surface area contributed by atoms with Crippen LogP contribution < -0.4 is 0 Å². The number of aryl methyl sites for hydroxylation is 1. The summed E-state index contributed by atoms with van der Waals surface area (Å²) in [6.07, 6.45) is 5.28. The van der Waals surface area contributed by atoms with Gasteiger partial charge >= 0.3 is 0 Å². The fraction of sp³-hybridized carbons (Fsp3) is 0.684. The Morgan fingerprint density at radius 2 is 1.82 bits per heavy atom. The van der Waals surface area contributed by atoms with Crippen LogP contribution in [0.2, 0.25) is 0 Å². The number of nitrogens with zero attached hydrogens (tertiary/aromatic N) is 2. The zero-order valence-electron chi connectivity index (χ0n) is 13.8. The zero-order valence-corrected chi connectivity index (χ0v) is 13.8. The van der Waals surface area contributed by atoms with Gasteiger partial charge in [0.05, 0.1) is 13.2 Å². The monoisotopic (exact) mass is 302 g/mol. The average molecular weight is 302 g/mol. The number of piperidine rings is 1. The van der Waals surface area contributed by atoms with Crippen LogP contribution in [-0.4, -0.2) is 62.3 Å². The van der Waals surface area contributed by atoms with Gasteiger partial charge in [-0.3, -0.25) is 4.90 Å². The minimum atomic E-state index is 0.864. The molecular weight excluding hydrogens is 272 g/mol. The lowest BCUT2D eigenvalue weighted by Crippen LogP contribution is -2.44. The molecule has 0 aliphatic carbocycles. The van der Waals surface area contributed by atoms with Gasteiger partial charge in [0.1, 0.15) is 0 Å². The van der Waals surface area contributed by atoms with Gasteiger partial charge in [0, 0.05) is 26.2 Å². The summed E-state index contributed by atoms with van der Waals surface area (Å²) >= 11 is 0. The molecule has 0 radical (unpaired) electrons. The lowest BCUT2D eigenvalue weighted by Gasteiger charge is -2.36. The Kier molecular flexibility index (Phi) is 6.29. The molecule has 2 aliphatic rings. The first kappa shape index (κ1) is 16.0. The number of hydrogen-bond acceptors (Lipinski definition) is 3. The lowest BCUT2D eigenvalue weighted by molar-refractivity contribution is 0.0229. The Morgan fingerprint density at radius 3 is 2.64 bits per heavy atom. The highest BCUT2D eigenvalue weighted by Gasteiger charge is 2.22. The van der Waals surface area contributed by atoms with Crippen molar-refractivity contribution in [3.63, 3.8) is 0 Å². The van der Waals surface area contributed by atoms with Crippen molar-refractivity contribution in [2.75, 3.05) is 52.5 Å². The minimum Gasteiger partial charge on any atom is -0.379 e. The fourth-order valence-corrected chi connectivity index (χ4v) is 3.80. The number of likely N-dealkylation sites (tertiary alicyclic amines) is 1. The number of benzene rings is 1. The summed E-state index contributed by atoms with van der Waals surface area (Å²) in [6, 6.07) is 10.9. The zero-order chi connectivity index (χ0) is 15.0. The molecule has 3 heteroatoms. The summed E-state index contributed by atoms with van der Waals surface area (Å²) in [7, 11) is 0. The molecule has 0 spiro atoms. The highest BCUT2D eigenvalue weighted by molar-refractivity contribution is 5.14. The number of ether oxygens (including phenoxy) is 1. The molecule has 0 N–H and O–H groups in total. The topological polar surface area (TPSA) is 15.7 Å². The van der Waals surface area contributed by atoms with E-state index in [4.69, 9.17) is 4.74 Å². The van der Waals surface area contributed by atoms with Crippen LogP contribution in [0.4, 0.5) is 0 Å². The standard InChI is InChI=1S/C19H30N2O/c1-2-6-18(7-3-1)8-4-10-20-11-5-9-19(16-20)17-21-12-14-22-15-13-21/h1-3,6-7,19H,4-5,8-17H2/t19-/m1/s1. The molecule has 0 bridgehead atoms. The first-order valence-corrected chi connectivity index (χ1v) is 8.96. The Balaban J connectivity index is 1.37. The van der Waals surface area contributed by atoms with E-state index in [1.807, 2.05) is 0 Å². The third-order valence-corrected chi connectivity index (χ3v) is 5.01. The second-order valence-corrected chi connectivity index (χ2v) is 6.81. The van der Waals surface area contributed by atoms with Crippen molar-refractivity contribution >= 4 is 0 Å². The van der Waals surface area contributed by atoms with Crippen LogP contribution in [0, 0.1) is 5.92 Å². The van der Waals surface area contributed by atoms with Gasteiger partial charge in [-0.15, -0.1) is 0 Å². The van der Waals surface area contributed by atoms with E-state index in [0.29, 0.717) is 0 Å². The van der Waals surface area contributed by atoms with Crippen molar-refractivity contribution in [3.05, 3.63) is 35.9 Å². The molecule has 2 heterocycles. The van der Waals surface area contributed by atoms with E-state index in [9.17, 15) is 0 Å². The van der Waals surface area contributed by atoms with Crippen LogP contribution in [0.15, 0.2) is 30.3 Å². The van der Waals surface area contributed by atoms with Crippen molar-refractivity contribution in [2.24, 2.45) is 5.92 Å². The molecule has 3 nitrogen and oxygen atoms in total. The Bertz CT molecular complexity index is 417. The maximum Gasteiger partial charge on any atom is 0.0594 e. The summed E-state index contributed by atoms with van der Waals surface area (Å²) < 4.78 is 5.45. The normalized spacial score (nSPS) is 24.5. The summed E-state index contributed by atoms with van der Waals surface area (Å²) in [4.78, 5) is 5.29. The maximum absolute atomic E-state index is 5.45. The predicted octanol–water partition coefficient (Wildman–Crippen LogP) is 2.66. The van der Waals surface area contributed by atoms with E-state index < -0.39 is 0 Å². The third kappa shape index (κ3) is 5.08. The second-order valence-electron chi connectivity index (χ2n) is 6.81. The van der Waals surface area contributed by atoms with Crippen molar-refractivity contribution in [1.29, 1.82) is 0 Å². The number of morpholine rings is 1. The quantitative estimate of drug-likeness (QED) is 0.803. The van der Waals surface area contributed by atoms with Crippen molar-refractivity contribution in [2.45, 2.75) is 25.7 Å². The molecule has 2 saturated heterocycles. The van der Waals surface area contributed by atoms with Crippen molar-refractivity contribution in [3.8, 4) is 0 Å². The SMILES string of the molecule is c1ccc(CCCN2CCC[C@@H](CN3CCOCC3)C2)cc1. The fourth-order valence-electron chi connectivity index (χ4n) is 3.80. The van der Waals surface area contributed by atoms with Crippen molar-refractivity contribution in [1.82, 2.24) is 9.80 Å². The van der Waals surface area contributed by atoms with E-state index in [0.717, 1.165) is 32.2 Å². The molecule has 2 aliphatic heterocycles. The first-order chi connectivity index (χ1) is 10.9. The van der Waals surface area contributed by atoms with Crippen LogP contribution in [0.5, 0.6) is 0 Å². The highest BCUT2D eigenvalue weighted by atomic mass is 16.5. The van der Waals surface area contributed by atoms with Crippen LogP contribution in [0.1, 0.15) is 24.8 Å². The van der Waals surface area contributed by atoms with E-state index in [2.05, 4.69) is 40.1 Å². The molecule has 1 atom stereocenters. The largest absolute Gasteiger partial charge is 0.379 e. The van der Waals surface area contributed by atoms with E-state index in [1.165, 1.54) is 57.4 Å². The molecule has 122 valence electrons. The molecule has 3 rings (SSSR count). The second kappa shape index (κ2) is 8.66.